The maximum atomic E-state index is 13.0. The van der Waals surface area contributed by atoms with Crippen LogP contribution in [0.4, 0.5) is 5.69 Å². The predicted octanol–water partition coefficient (Wildman–Crippen LogP) is 3.85. The summed E-state index contributed by atoms with van der Waals surface area (Å²) >= 11 is 6.41. The number of rotatable bonds is 5. The first-order valence-electron chi connectivity index (χ1n) is 10.4. The van der Waals surface area contributed by atoms with Crippen molar-refractivity contribution in [2.24, 2.45) is 0 Å². The lowest BCUT2D eigenvalue weighted by Crippen LogP contribution is -2.43. The minimum absolute atomic E-state index is 0.0494. The Morgan fingerprint density at radius 3 is 2.90 bits per heavy atom. The Kier molecular flexibility index (Phi) is 4.88. The topological polar surface area (TPSA) is 53.6 Å². The van der Waals surface area contributed by atoms with Crippen molar-refractivity contribution in [2.75, 3.05) is 19.0 Å². The third kappa shape index (κ3) is 3.47. The highest BCUT2D eigenvalue weighted by Gasteiger charge is 2.46. The third-order valence-corrected chi connectivity index (χ3v) is 6.98. The molecule has 152 valence electrons. The van der Waals surface area contributed by atoms with Gasteiger partial charge in [0.05, 0.1) is 17.7 Å². The molecule has 0 saturated carbocycles. The maximum absolute atomic E-state index is 13.0. The summed E-state index contributed by atoms with van der Waals surface area (Å²) in [7, 11) is 1.69. The normalized spacial score (nSPS) is 25.0. The Hall–Kier alpha value is -2.24. The molecule has 2 bridgehead atoms. The first-order valence-corrected chi connectivity index (χ1v) is 10.8. The van der Waals surface area contributed by atoms with Gasteiger partial charge in [0, 0.05) is 36.9 Å². The molecule has 3 atom stereocenters. The van der Waals surface area contributed by atoms with Crippen LogP contribution in [0.3, 0.4) is 0 Å². The number of carbonyl (C=O) groups is 1. The highest BCUT2D eigenvalue weighted by Crippen LogP contribution is 2.39. The highest BCUT2D eigenvalue weighted by molar-refractivity contribution is 6.34. The highest BCUT2D eigenvalue weighted by atomic mass is 35.5. The second kappa shape index (κ2) is 7.54. The number of anilines is 1. The Balaban J connectivity index is 1.27. The van der Waals surface area contributed by atoms with Crippen molar-refractivity contribution in [3.05, 3.63) is 58.1 Å². The third-order valence-electron chi connectivity index (χ3n) is 6.67. The Bertz CT molecular complexity index is 930. The molecule has 0 spiro atoms. The largest absolute Gasteiger partial charge is 0.497 e. The van der Waals surface area contributed by atoms with E-state index in [1.807, 2.05) is 24.3 Å². The van der Waals surface area contributed by atoms with Gasteiger partial charge in [0.25, 0.3) is 5.91 Å². The van der Waals surface area contributed by atoms with Gasteiger partial charge in [-0.15, -0.1) is 0 Å². The average molecular weight is 412 g/mol. The Morgan fingerprint density at radius 2 is 2.10 bits per heavy atom. The first kappa shape index (κ1) is 18.8. The number of fused-ring (bicyclic) bond motifs is 3. The fourth-order valence-corrected chi connectivity index (χ4v) is 5.44. The number of nitrogens with one attached hydrogen (secondary N) is 2. The summed E-state index contributed by atoms with van der Waals surface area (Å²) in [5.41, 5.74) is 4.10. The molecule has 0 unspecified atom stereocenters. The molecule has 5 nitrogen and oxygen atoms in total. The van der Waals surface area contributed by atoms with Crippen molar-refractivity contribution in [2.45, 2.75) is 50.4 Å². The summed E-state index contributed by atoms with van der Waals surface area (Å²) in [6.07, 6.45) is 4.29. The van der Waals surface area contributed by atoms with Gasteiger partial charge in [-0.2, -0.15) is 0 Å². The molecule has 3 aliphatic heterocycles. The minimum atomic E-state index is -0.0494. The molecule has 29 heavy (non-hydrogen) atoms. The predicted molar refractivity (Wildman–Crippen MR) is 115 cm³/mol. The van der Waals surface area contributed by atoms with Crippen molar-refractivity contribution in [3.63, 3.8) is 0 Å². The fraction of sp³-hybridized carbons (Fsp3) is 0.435. The molecule has 2 saturated heterocycles. The van der Waals surface area contributed by atoms with E-state index >= 15 is 0 Å². The van der Waals surface area contributed by atoms with E-state index in [9.17, 15) is 4.79 Å². The van der Waals surface area contributed by atoms with E-state index in [2.05, 4.69) is 27.7 Å². The number of halogens is 1. The van der Waals surface area contributed by atoms with Crippen LogP contribution in [0.15, 0.2) is 36.4 Å². The van der Waals surface area contributed by atoms with E-state index in [-0.39, 0.29) is 11.9 Å². The maximum Gasteiger partial charge on any atom is 0.253 e. The van der Waals surface area contributed by atoms with E-state index in [0.29, 0.717) is 22.7 Å². The van der Waals surface area contributed by atoms with E-state index < -0.39 is 0 Å². The summed E-state index contributed by atoms with van der Waals surface area (Å²) in [5, 5.41) is 7.12. The zero-order chi connectivity index (χ0) is 20.0. The zero-order valence-electron chi connectivity index (χ0n) is 16.6. The summed E-state index contributed by atoms with van der Waals surface area (Å²) in [6, 6.07) is 13.2. The van der Waals surface area contributed by atoms with Gasteiger partial charge in [0.15, 0.2) is 0 Å². The minimum Gasteiger partial charge on any atom is -0.497 e. The Labute approximate surface area is 176 Å². The lowest BCUT2D eigenvalue weighted by Gasteiger charge is -2.25. The molecule has 1 amide bonds. The van der Waals surface area contributed by atoms with E-state index in [0.717, 1.165) is 43.8 Å². The first-order chi connectivity index (χ1) is 14.1. The number of methoxy groups -OCH3 is 1. The van der Waals surface area contributed by atoms with Crippen LogP contribution in [0.25, 0.3) is 0 Å². The van der Waals surface area contributed by atoms with Crippen molar-refractivity contribution in [1.82, 2.24) is 10.2 Å². The van der Waals surface area contributed by atoms with Crippen molar-refractivity contribution >= 4 is 23.2 Å². The number of hydrogen-bond donors (Lipinski definition) is 2. The number of hydrogen-bond acceptors (Lipinski definition) is 4. The number of amides is 1. The quantitative estimate of drug-likeness (QED) is 0.784. The van der Waals surface area contributed by atoms with Gasteiger partial charge < -0.3 is 15.4 Å². The average Bonchev–Trinajstić information content (AvgIpc) is 3.42. The van der Waals surface area contributed by atoms with Gasteiger partial charge in [0.2, 0.25) is 0 Å². The summed E-state index contributed by atoms with van der Waals surface area (Å²) in [6.45, 7) is 1.82. The second-order valence-corrected chi connectivity index (χ2v) is 8.71. The van der Waals surface area contributed by atoms with E-state index in [1.54, 1.807) is 7.11 Å². The summed E-state index contributed by atoms with van der Waals surface area (Å²) < 4.78 is 5.26. The molecule has 3 heterocycles. The van der Waals surface area contributed by atoms with E-state index in [4.69, 9.17) is 16.3 Å². The van der Waals surface area contributed by atoms with Gasteiger partial charge in [-0.25, -0.2) is 0 Å². The lowest BCUT2D eigenvalue weighted by atomic mass is 9.95. The molecule has 0 aliphatic carbocycles. The molecular weight excluding hydrogens is 386 g/mol. The molecule has 2 fully saturated rings. The number of nitrogens with zero attached hydrogens (tertiary/aromatic N) is 1. The van der Waals surface area contributed by atoms with Crippen LogP contribution in [0, 0.1) is 0 Å². The SMILES string of the molecule is COc1ccc(CN2[C@H]3CC[C@@H]2[C@H](NC(=O)c2cc4c(cc2Cl)NCC4)C3)cc1. The van der Waals surface area contributed by atoms with E-state index in [1.165, 1.54) is 17.5 Å². The molecule has 2 aromatic rings. The molecule has 0 aromatic heterocycles. The summed E-state index contributed by atoms with van der Waals surface area (Å²) in [4.78, 5) is 15.5. The summed E-state index contributed by atoms with van der Waals surface area (Å²) in [5.74, 6) is 0.830. The molecule has 3 aliphatic rings. The van der Waals surface area contributed by atoms with Gasteiger partial charge in [-0.05, 0) is 61.1 Å². The number of ether oxygens (including phenoxy) is 1. The molecule has 2 N–H and O–H groups in total. The number of benzene rings is 2. The van der Waals surface area contributed by atoms with Crippen LogP contribution >= 0.6 is 11.6 Å². The zero-order valence-corrected chi connectivity index (χ0v) is 17.3. The lowest BCUT2D eigenvalue weighted by molar-refractivity contribution is 0.0925. The number of carbonyl (C=O) groups excluding carboxylic acids is 1. The fourth-order valence-electron chi connectivity index (χ4n) is 5.19. The van der Waals surface area contributed by atoms with Crippen LogP contribution in [0.5, 0.6) is 5.75 Å². The van der Waals surface area contributed by atoms with Gasteiger partial charge >= 0.3 is 0 Å². The van der Waals surface area contributed by atoms with Crippen molar-refractivity contribution in [1.29, 1.82) is 0 Å². The van der Waals surface area contributed by atoms with Crippen LogP contribution in [0.2, 0.25) is 5.02 Å². The molecule has 6 heteroatoms. The van der Waals surface area contributed by atoms with Crippen LogP contribution in [0.1, 0.15) is 40.7 Å². The monoisotopic (exact) mass is 411 g/mol. The van der Waals surface area contributed by atoms with Crippen molar-refractivity contribution < 1.29 is 9.53 Å². The van der Waals surface area contributed by atoms with Crippen LogP contribution < -0.4 is 15.4 Å². The Morgan fingerprint density at radius 1 is 1.28 bits per heavy atom. The standard InChI is InChI=1S/C23H26ClN3O2/c1-29-17-5-2-14(3-6-17)13-27-16-4-7-22(27)21(11-16)26-23(28)18-10-15-8-9-25-20(15)12-19(18)24/h2-3,5-6,10,12,16,21-22,25H,4,7-9,11,13H2,1H3,(H,26,28)/t16-,21+,22+/m0/s1. The second-order valence-electron chi connectivity index (χ2n) is 8.30. The van der Waals surface area contributed by atoms with Crippen molar-refractivity contribution in [3.8, 4) is 5.75 Å². The van der Waals surface area contributed by atoms with Crippen LogP contribution in [-0.4, -0.2) is 42.6 Å². The van der Waals surface area contributed by atoms with Crippen LogP contribution in [-0.2, 0) is 13.0 Å². The molecule has 0 radical (unpaired) electrons. The molecule has 5 rings (SSSR count). The van der Waals surface area contributed by atoms with Gasteiger partial charge in [-0.1, -0.05) is 23.7 Å². The van der Waals surface area contributed by atoms with Gasteiger partial charge in [0.1, 0.15) is 5.75 Å². The smallest absolute Gasteiger partial charge is 0.253 e. The molecule has 2 aromatic carbocycles. The van der Waals surface area contributed by atoms with Gasteiger partial charge in [-0.3, -0.25) is 9.69 Å². The molecular formula is C23H26ClN3O2.